The SMILES string of the molecule is c1c(CC2CCCCC2)nn2c1NCCC2C1CCCO1. The first-order valence-corrected chi connectivity index (χ1v) is 8.84. The zero-order chi connectivity index (χ0) is 14.1. The van der Waals surface area contributed by atoms with Crippen LogP contribution in [0.25, 0.3) is 0 Å². The molecule has 0 aromatic carbocycles. The van der Waals surface area contributed by atoms with Gasteiger partial charge in [0.2, 0.25) is 0 Å². The minimum Gasteiger partial charge on any atom is -0.376 e. The first-order chi connectivity index (χ1) is 10.4. The van der Waals surface area contributed by atoms with Crippen LogP contribution in [-0.2, 0) is 11.2 Å². The van der Waals surface area contributed by atoms with Gasteiger partial charge in [0, 0.05) is 19.2 Å². The van der Waals surface area contributed by atoms with E-state index in [1.54, 1.807) is 0 Å². The molecule has 4 heteroatoms. The number of ether oxygens (including phenoxy) is 1. The van der Waals surface area contributed by atoms with E-state index in [4.69, 9.17) is 9.84 Å². The zero-order valence-electron chi connectivity index (χ0n) is 12.9. The second-order valence-electron chi connectivity index (χ2n) is 7.01. The largest absolute Gasteiger partial charge is 0.376 e. The van der Waals surface area contributed by atoms with E-state index < -0.39 is 0 Å². The second kappa shape index (κ2) is 5.99. The highest BCUT2D eigenvalue weighted by Crippen LogP contribution is 2.34. The van der Waals surface area contributed by atoms with Crippen LogP contribution in [0.3, 0.4) is 0 Å². The molecule has 2 unspecified atom stereocenters. The van der Waals surface area contributed by atoms with Crippen molar-refractivity contribution >= 4 is 5.82 Å². The van der Waals surface area contributed by atoms with Crippen LogP contribution in [0.5, 0.6) is 0 Å². The Bertz CT molecular complexity index is 472. The summed E-state index contributed by atoms with van der Waals surface area (Å²) >= 11 is 0. The molecule has 0 radical (unpaired) electrons. The Labute approximate surface area is 127 Å². The lowest BCUT2D eigenvalue weighted by molar-refractivity contribution is 0.0590. The van der Waals surface area contributed by atoms with Crippen LogP contribution in [0, 0.1) is 5.92 Å². The Morgan fingerprint density at radius 3 is 2.86 bits per heavy atom. The topological polar surface area (TPSA) is 39.1 Å². The molecule has 2 fully saturated rings. The van der Waals surface area contributed by atoms with Crippen molar-refractivity contribution in [1.82, 2.24) is 9.78 Å². The molecule has 2 aliphatic heterocycles. The number of nitrogens with zero attached hydrogens (tertiary/aromatic N) is 2. The lowest BCUT2D eigenvalue weighted by atomic mass is 9.86. The van der Waals surface area contributed by atoms with Crippen molar-refractivity contribution in [3.05, 3.63) is 11.8 Å². The van der Waals surface area contributed by atoms with Crippen LogP contribution in [-0.4, -0.2) is 29.0 Å². The molecule has 2 atom stereocenters. The summed E-state index contributed by atoms with van der Waals surface area (Å²) < 4.78 is 8.15. The molecule has 1 saturated carbocycles. The molecule has 21 heavy (non-hydrogen) atoms. The average molecular weight is 289 g/mol. The van der Waals surface area contributed by atoms with Crippen LogP contribution >= 0.6 is 0 Å². The fraction of sp³-hybridized carbons (Fsp3) is 0.824. The second-order valence-corrected chi connectivity index (χ2v) is 7.01. The quantitative estimate of drug-likeness (QED) is 0.925. The van der Waals surface area contributed by atoms with Crippen molar-refractivity contribution in [2.24, 2.45) is 5.92 Å². The predicted octanol–water partition coefficient (Wildman–Crippen LogP) is 3.54. The highest BCUT2D eigenvalue weighted by Gasteiger charge is 2.32. The minimum absolute atomic E-state index is 0.383. The number of rotatable bonds is 3. The van der Waals surface area contributed by atoms with Crippen molar-refractivity contribution in [3.8, 4) is 0 Å². The zero-order valence-corrected chi connectivity index (χ0v) is 12.9. The van der Waals surface area contributed by atoms with Gasteiger partial charge >= 0.3 is 0 Å². The van der Waals surface area contributed by atoms with Crippen molar-refractivity contribution in [2.75, 3.05) is 18.5 Å². The molecular formula is C17H27N3O. The van der Waals surface area contributed by atoms with Gasteiger partial charge in [0.1, 0.15) is 5.82 Å². The number of anilines is 1. The predicted molar refractivity (Wildman–Crippen MR) is 83.6 cm³/mol. The summed E-state index contributed by atoms with van der Waals surface area (Å²) in [5.41, 5.74) is 1.29. The first kappa shape index (κ1) is 13.6. The molecule has 3 heterocycles. The Hall–Kier alpha value is -1.03. The van der Waals surface area contributed by atoms with Gasteiger partial charge in [0.05, 0.1) is 17.8 Å². The lowest BCUT2D eigenvalue weighted by Crippen LogP contribution is -2.31. The maximum atomic E-state index is 5.92. The van der Waals surface area contributed by atoms with Gasteiger partial charge in [-0.1, -0.05) is 32.1 Å². The van der Waals surface area contributed by atoms with Gasteiger partial charge in [-0.25, -0.2) is 4.68 Å². The standard InChI is InChI=1S/C17H27N3O/c1-2-5-13(6-3-1)11-14-12-17-18-9-8-15(20(17)19-14)16-7-4-10-21-16/h12-13,15-16,18H,1-11H2. The van der Waals surface area contributed by atoms with E-state index in [1.807, 2.05) is 0 Å². The van der Waals surface area contributed by atoms with Crippen LogP contribution in [0.2, 0.25) is 0 Å². The third-order valence-electron chi connectivity index (χ3n) is 5.46. The number of fused-ring (bicyclic) bond motifs is 1. The van der Waals surface area contributed by atoms with Crippen molar-refractivity contribution in [1.29, 1.82) is 0 Å². The first-order valence-electron chi connectivity index (χ1n) is 8.84. The van der Waals surface area contributed by atoms with E-state index in [1.165, 1.54) is 62.9 Å². The van der Waals surface area contributed by atoms with Crippen LogP contribution in [0.1, 0.15) is 63.1 Å². The fourth-order valence-corrected chi connectivity index (χ4v) is 4.34. The maximum Gasteiger partial charge on any atom is 0.124 e. The molecule has 0 spiro atoms. The van der Waals surface area contributed by atoms with E-state index in [0.29, 0.717) is 12.1 Å². The van der Waals surface area contributed by atoms with Gasteiger partial charge in [0.25, 0.3) is 0 Å². The van der Waals surface area contributed by atoms with E-state index in [-0.39, 0.29) is 0 Å². The molecule has 3 aliphatic rings. The number of nitrogens with one attached hydrogen (secondary N) is 1. The summed E-state index contributed by atoms with van der Waals surface area (Å²) in [7, 11) is 0. The lowest BCUT2D eigenvalue weighted by Gasteiger charge is -2.29. The van der Waals surface area contributed by atoms with Gasteiger partial charge in [-0.15, -0.1) is 0 Å². The van der Waals surface area contributed by atoms with E-state index in [0.717, 1.165) is 25.5 Å². The molecule has 1 saturated heterocycles. The van der Waals surface area contributed by atoms with Crippen LogP contribution in [0.15, 0.2) is 6.07 Å². The third-order valence-corrected chi connectivity index (χ3v) is 5.46. The summed E-state index contributed by atoms with van der Waals surface area (Å²) in [5.74, 6) is 2.07. The molecule has 0 amide bonds. The molecule has 4 rings (SSSR count). The normalized spacial score (nSPS) is 30.1. The maximum absolute atomic E-state index is 5.92. The Balaban J connectivity index is 1.50. The number of hydrogen-bond acceptors (Lipinski definition) is 3. The summed E-state index contributed by atoms with van der Waals surface area (Å²) in [6.07, 6.45) is 12.1. The summed E-state index contributed by atoms with van der Waals surface area (Å²) in [4.78, 5) is 0. The van der Waals surface area contributed by atoms with Gasteiger partial charge in [-0.2, -0.15) is 5.10 Å². The van der Waals surface area contributed by atoms with Crippen molar-refractivity contribution < 1.29 is 4.74 Å². The Kier molecular flexibility index (Phi) is 3.89. The molecule has 1 N–H and O–H groups in total. The van der Waals surface area contributed by atoms with Crippen LogP contribution in [0.4, 0.5) is 5.82 Å². The molecule has 1 aliphatic carbocycles. The van der Waals surface area contributed by atoms with E-state index in [2.05, 4.69) is 16.1 Å². The monoisotopic (exact) mass is 289 g/mol. The smallest absolute Gasteiger partial charge is 0.124 e. The summed E-state index contributed by atoms with van der Waals surface area (Å²) in [6, 6.07) is 2.74. The summed E-state index contributed by atoms with van der Waals surface area (Å²) in [5, 5.41) is 8.46. The number of aromatic nitrogens is 2. The van der Waals surface area contributed by atoms with Crippen molar-refractivity contribution in [3.63, 3.8) is 0 Å². The molecule has 4 nitrogen and oxygen atoms in total. The van der Waals surface area contributed by atoms with E-state index in [9.17, 15) is 0 Å². The van der Waals surface area contributed by atoms with Gasteiger partial charge in [-0.05, 0) is 31.6 Å². The van der Waals surface area contributed by atoms with Gasteiger partial charge in [0.15, 0.2) is 0 Å². The summed E-state index contributed by atoms with van der Waals surface area (Å²) in [6.45, 7) is 1.99. The number of hydrogen-bond donors (Lipinski definition) is 1. The third kappa shape index (κ3) is 2.83. The molecule has 1 aromatic heterocycles. The van der Waals surface area contributed by atoms with Crippen LogP contribution < -0.4 is 5.32 Å². The molecular weight excluding hydrogens is 262 g/mol. The highest BCUT2D eigenvalue weighted by molar-refractivity contribution is 5.39. The van der Waals surface area contributed by atoms with Crippen molar-refractivity contribution in [2.45, 2.75) is 69.9 Å². The van der Waals surface area contributed by atoms with Gasteiger partial charge < -0.3 is 10.1 Å². The molecule has 1 aromatic rings. The van der Waals surface area contributed by atoms with E-state index >= 15 is 0 Å². The average Bonchev–Trinajstić information content (AvgIpc) is 3.16. The minimum atomic E-state index is 0.383. The fourth-order valence-electron chi connectivity index (χ4n) is 4.34. The highest BCUT2D eigenvalue weighted by atomic mass is 16.5. The molecule has 116 valence electrons. The van der Waals surface area contributed by atoms with Gasteiger partial charge in [-0.3, -0.25) is 0 Å². The Morgan fingerprint density at radius 2 is 2.05 bits per heavy atom. The Morgan fingerprint density at radius 1 is 1.14 bits per heavy atom. The molecule has 0 bridgehead atoms.